The quantitative estimate of drug-likeness (QED) is 0.822. The van der Waals surface area contributed by atoms with Gasteiger partial charge in [-0.3, -0.25) is 9.59 Å². The Labute approximate surface area is 151 Å². The minimum Gasteiger partial charge on any atom is -0.495 e. The summed E-state index contributed by atoms with van der Waals surface area (Å²) in [6.07, 6.45) is 0. The average molecular weight is 363 g/mol. The maximum Gasteiger partial charge on any atom is 0.262 e. The second-order valence-electron chi connectivity index (χ2n) is 5.37. The number of anilines is 2. The molecule has 7 heteroatoms. The summed E-state index contributed by atoms with van der Waals surface area (Å²) in [5.74, 6) is 0.322. The van der Waals surface area contributed by atoms with E-state index in [1.165, 1.54) is 14.0 Å². The van der Waals surface area contributed by atoms with Gasteiger partial charge in [-0.2, -0.15) is 0 Å². The van der Waals surface area contributed by atoms with E-state index in [0.717, 1.165) is 5.56 Å². The number of carbonyl (C=O) groups is 2. The van der Waals surface area contributed by atoms with Crippen molar-refractivity contribution in [2.45, 2.75) is 13.8 Å². The fourth-order valence-electron chi connectivity index (χ4n) is 2.14. The summed E-state index contributed by atoms with van der Waals surface area (Å²) in [6, 6.07) is 10.3. The van der Waals surface area contributed by atoms with Crippen LogP contribution in [-0.4, -0.2) is 25.5 Å². The normalized spacial score (nSPS) is 10.1. The van der Waals surface area contributed by atoms with Gasteiger partial charge in [-0.15, -0.1) is 0 Å². The van der Waals surface area contributed by atoms with Crippen LogP contribution in [-0.2, 0) is 9.59 Å². The van der Waals surface area contributed by atoms with Crippen molar-refractivity contribution < 1.29 is 19.1 Å². The van der Waals surface area contributed by atoms with Gasteiger partial charge >= 0.3 is 0 Å². The number of hydrogen-bond acceptors (Lipinski definition) is 4. The van der Waals surface area contributed by atoms with Gasteiger partial charge < -0.3 is 20.1 Å². The van der Waals surface area contributed by atoms with Crippen LogP contribution in [0.5, 0.6) is 11.5 Å². The Morgan fingerprint density at radius 1 is 1.08 bits per heavy atom. The lowest BCUT2D eigenvalue weighted by atomic mass is 10.2. The first-order valence-corrected chi connectivity index (χ1v) is 7.91. The number of benzene rings is 2. The van der Waals surface area contributed by atoms with Crippen molar-refractivity contribution in [2.24, 2.45) is 0 Å². The summed E-state index contributed by atoms with van der Waals surface area (Å²) >= 11 is 6.04. The molecule has 0 bridgehead atoms. The SMILES string of the molecule is COc1ccc(NC(C)=O)cc1NC(=O)COc1cc(C)ccc1Cl. The first-order chi connectivity index (χ1) is 11.9. The first kappa shape index (κ1) is 18.6. The van der Waals surface area contributed by atoms with E-state index in [1.807, 2.05) is 13.0 Å². The van der Waals surface area contributed by atoms with Gasteiger partial charge in [0.2, 0.25) is 5.91 Å². The molecule has 2 aromatic rings. The zero-order valence-corrected chi connectivity index (χ0v) is 14.9. The van der Waals surface area contributed by atoms with Crippen LogP contribution in [0, 0.1) is 6.92 Å². The molecule has 0 saturated heterocycles. The molecule has 0 aromatic heterocycles. The molecule has 2 aromatic carbocycles. The molecule has 2 amide bonds. The molecule has 0 aliphatic heterocycles. The molecule has 0 unspecified atom stereocenters. The molecule has 0 fully saturated rings. The number of amides is 2. The lowest BCUT2D eigenvalue weighted by molar-refractivity contribution is -0.118. The van der Waals surface area contributed by atoms with Crippen molar-refractivity contribution >= 4 is 34.8 Å². The summed E-state index contributed by atoms with van der Waals surface area (Å²) in [7, 11) is 1.49. The Morgan fingerprint density at radius 2 is 1.84 bits per heavy atom. The monoisotopic (exact) mass is 362 g/mol. The molecule has 0 saturated carbocycles. The lowest BCUT2D eigenvalue weighted by Gasteiger charge is -2.13. The summed E-state index contributed by atoms with van der Waals surface area (Å²) in [6.45, 7) is 3.10. The van der Waals surface area contributed by atoms with Crippen LogP contribution in [0.2, 0.25) is 5.02 Å². The fourth-order valence-corrected chi connectivity index (χ4v) is 2.31. The van der Waals surface area contributed by atoms with Crippen LogP contribution < -0.4 is 20.1 Å². The number of rotatable bonds is 6. The number of ether oxygens (including phenoxy) is 2. The molecule has 0 aliphatic carbocycles. The van der Waals surface area contributed by atoms with E-state index in [2.05, 4.69) is 10.6 Å². The van der Waals surface area contributed by atoms with E-state index >= 15 is 0 Å². The van der Waals surface area contributed by atoms with Gasteiger partial charge in [-0.25, -0.2) is 0 Å². The lowest BCUT2D eigenvalue weighted by Crippen LogP contribution is -2.21. The number of halogens is 1. The maximum atomic E-state index is 12.2. The highest BCUT2D eigenvalue weighted by Crippen LogP contribution is 2.28. The van der Waals surface area contributed by atoms with Crippen LogP contribution in [0.15, 0.2) is 36.4 Å². The molecule has 0 aliphatic rings. The van der Waals surface area contributed by atoms with Crippen LogP contribution in [0.3, 0.4) is 0 Å². The second-order valence-corrected chi connectivity index (χ2v) is 5.77. The Bertz CT molecular complexity index is 793. The largest absolute Gasteiger partial charge is 0.495 e. The Morgan fingerprint density at radius 3 is 2.52 bits per heavy atom. The van der Waals surface area contributed by atoms with Gasteiger partial charge in [0, 0.05) is 12.6 Å². The molecule has 2 N–H and O–H groups in total. The minimum atomic E-state index is -0.379. The van der Waals surface area contributed by atoms with E-state index in [0.29, 0.717) is 27.9 Å². The molecule has 0 radical (unpaired) electrons. The minimum absolute atomic E-state index is 0.208. The highest BCUT2D eigenvalue weighted by Gasteiger charge is 2.11. The first-order valence-electron chi connectivity index (χ1n) is 7.53. The summed E-state index contributed by atoms with van der Waals surface area (Å²) in [4.78, 5) is 23.3. The third kappa shape index (κ3) is 5.39. The van der Waals surface area contributed by atoms with Gasteiger partial charge in [0.15, 0.2) is 6.61 Å². The molecule has 6 nitrogen and oxygen atoms in total. The molecule has 0 heterocycles. The van der Waals surface area contributed by atoms with Crippen molar-refractivity contribution in [3.63, 3.8) is 0 Å². The van der Waals surface area contributed by atoms with E-state index in [9.17, 15) is 9.59 Å². The fraction of sp³-hybridized carbons (Fsp3) is 0.222. The van der Waals surface area contributed by atoms with E-state index in [-0.39, 0.29) is 18.4 Å². The van der Waals surface area contributed by atoms with Crippen LogP contribution in [0.1, 0.15) is 12.5 Å². The van der Waals surface area contributed by atoms with Crippen molar-refractivity contribution in [3.8, 4) is 11.5 Å². The molecule has 0 atom stereocenters. The molecule has 25 heavy (non-hydrogen) atoms. The summed E-state index contributed by atoms with van der Waals surface area (Å²) in [5.41, 5.74) is 1.95. The molecule has 2 rings (SSSR count). The molecular weight excluding hydrogens is 344 g/mol. The number of nitrogens with one attached hydrogen (secondary N) is 2. The topological polar surface area (TPSA) is 76.7 Å². The number of aryl methyl sites for hydroxylation is 1. The highest BCUT2D eigenvalue weighted by molar-refractivity contribution is 6.32. The molecule has 132 valence electrons. The van der Waals surface area contributed by atoms with Crippen LogP contribution in [0.25, 0.3) is 0 Å². The van der Waals surface area contributed by atoms with Gasteiger partial charge in [0.05, 0.1) is 17.8 Å². The van der Waals surface area contributed by atoms with Gasteiger partial charge in [-0.1, -0.05) is 17.7 Å². The molecular formula is C18H19ClN2O4. The summed E-state index contributed by atoms with van der Waals surface area (Å²) < 4.78 is 10.7. The highest BCUT2D eigenvalue weighted by atomic mass is 35.5. The number of methoxy groups -OCH3 is 1. The third-order valence-corrected chi connectivity index (χ3v) is 3.55. The van der Waals surface area contributed by atoms with Crippen LogP contribution >= 0.6 is 11.6 Å². The Hall–Kier alpha value is -2.73. The predicted octanol–water partition coefficient (Wildman–Crippen LogP) is 3.63. The standard InChI is InChI=1S/C18H19ClN2O4/c1-11-4-6-14(19)17(8-11)25-10-18(23)21-15-9-13(20-12(2)22)5-7-16(15)24-3/h4-9H,10H2,1-3H3,(H,20,22)(H,21,23). The van der Waals surface area contributed by atoms with E-state index < -0.39 is 0 Å². The Balaban J connectivity index is 2.06. The van der Waals surface area contributed by atoms with E-state index in [4.69, 9.17) is 21.1 Å². The van der Waals surface area contributed by atoms with Crippen molar-refractivity contribution in [3.05, 3.63) is 47.0 Å². The summed E-state index contributed by atoms with van der Waals surface area (Å²) in [5, 5.41) is 5.78. The van der Waals surface area contributed by atoms with Crippen molar-refractivity contribution in [2.75, 3.05) is 24.4 Å². The smallest absolute Gasteiger partial charge is 0.262 e. The van der Waals surface area contributed by atoms with Crippen LogP contribution in [0.4, 0.5) is 11.4 Å². The third-order valence-electron chi connectivity index (χ3n) is 3.24. The van der Waals surface area contributed by atoms with Gasteiger partial charge in [0.25, 0.3) is 5.91 Å². The van der Waals surface area contributed by atoms with Gasteiger partial charge in [-0.05, 0) is 42.8 Å². The zero-order valence-electron chi connectivity index (χ0n) is 14.2. The second kappa shape index (κ2) is 8.39. The van der Waals surface area contributed by atoms with Gasteiger partial charge in [0.1, 0.15) is 11.5 Å². The van der Waals surface area contributed by atoms with Crippen molar-refractivity contribution in [1.29, 1.82) is 0 Å². The zero-order chi connectivity index (χ0) is 18.4. The Kier molecular flexibility index (Phi) is 6.25. The predicted molar refractivity (Wildman–Crippen MR) is 97.6 cm³/mol. The average Bonchev–Trinajstić information content (AvgIpc) is 2.55. The van der Waals surface area contributed by atoms with E-state index in [1.54, 1.807) is 30.3 Å². The number of hydrogen-bond donors (Lipinski definition) is 2. The molecule has 0 spiro atoms. The number of carbonyl (C=O) groups excluding carboxylic acids is 2. The maximum absolute atomic E-state index is 12.2. The van der Waals surface area contributed by atoms with Crippen molar-refractivity contribution in [1.82, 2.24) is 0 Å².